The van der Waals surface area contributed by atoms with Crippen molar-refractivity contribution in [3.63, 3.8) is 0 Å². The molecule has 3 N–H and O–H groups in total. The van der Waals surface area contributed by atoms with Gasteiger partial charge < -0.3 is 15.6 Å². The van der Waals surface area contributed by atoms with Gasteiger partial charge >= 0.3 is 5.97 Å². The van der Waals surface area contributed by atoms with Crippen LogP contribution in [0.25, 0.3) is 0 Å². The zero-order valence-corrected chi connectivity index (χ0v) is 9.35. The Morgan fingerprint density at radius 3 is 2.56 bits per heavy atom. The second kappa shape index (κ2) is 6.12. The molecule has 0 aliphatic rings. The van der Waals surface area contributed by atoms with Crippen molar-refractivity contribution < 1.29 is 14.6 Å². The number of ether oxygens (including phenoxy) is 1. The Morgan fingerprint density at radius 2 is 2.06 bits per heavy atom. The van der Waals surface area contributed by atoms with Gasteiger partial charge in [0.1, 0.15) is 5.75 Å². The van der Waals surface area contributed by atoms with Crippen molar-refractivity contribution in [2.45, 2.75) is 25.8 Å². The number of carboxylic acids is 1. The lowest BCUT2D eigenvalue weighted by atomic mass is 10.0. The van der Waals surface area contributed by atoms with Crippen molar-refractivity contribution >= 4 is 5.97 Å². The molecule has 1 aromatic rings. The molecule has 0 heterocycles. The lowest BCUT2D eigenvalue weighted by molar-refractivity contribution is -0.137. The van der Waals surface area contributed by atoms with Crippen molar-refractivity contribution in [3.05, 3.63) is 29.8 Å². The van der Waals surface area contributed by atoms with Gasteiger partial charge in [0, 0.05) is 6.04 Å². The summed E-state index contributed by atoms with van der Waals surface area (Å²) >= 11 is 0. The summed E-state index contributed by atoms with van der Waals surface area (Å²) in [5.74, 6) is -0.0449. The summed E-state index contributed by atoms with van der Waals surface area (Å²) < 4.78 is 5.31. The fourth-order valence-corrected chi connectivity index (χ4v) is 1.49. The number of hydrogen-bond donors (Lipinski definition) is 2. The summed E-state index contributed by atoms with van der Waals surface area (Å²) in [4.78, 5) is 10.4. The van der Waals surface area contributed by atoms with Gasteiger partial charge in [-0.15, -0.1) is 0 Å². The van der Waals surface area contributed by atoms with E-state index in [2.05, 4.69) is 0 Å². The first-order valence-electron chi connectivity index (χ1n) is 5.31. The average Bonchev–Trinajstić information content (AvgIpc) is 2.20. The molecule has 4 nitrogen and oxygen atoms in total. The van der Waals surface area contributed by atoms with Gasteiger partial charge in [-0.2, -0.15) is 0 Å². The number of aliphatic carboxylic acids is 1. The molecule has 0 spiro atoms. The maximum absolute atomic E-state index is 10.4. The van der Waals surface area contributed by atoms with Crippen LogP contribution in [0.5, 0.6) is 5.75 Å². The van der Waals surface area contributed by atoms with Gasteiger partial charge in [-0.05, 0) is 31.0 Å². The van der Waals surface area contributed by atoms with Crippen molar-refractivity contribution in [2.75, 3.05) is 6.61 Å². The molecule has 0 radical (unpaired) electrons. The zero-order chi connectivity index (χ0) is 12.0. The first-order chi connectivity index (χ1) is 7.61. The molecule has 16 heavy (non-hydrogen) atoms. The van der Waals surface area contributed by atoms with E-state index >= 15 is 0 Å². The predicted octanol–water partition coefficient (Wildman–Crippen LogP) is 1.43. The minimum Gasteiger partial charge on any atom is -0.494 e. The summed E-state index contributed by atoms with van der Waals surface area (Å²) in [6.07, 6.45) is 0.561. The number of hydrogen-bond acceptors (Lipinski definition) is 3. The van der Waals surface area contributed by atoms with Gasteiger partial charge in [-0.1, -0.05) is 12.1 Å². The number of rotatable bonds is 6. The van der Waals surface area contributed by atoms with E-state index in [0.29, 0.717) is 13.0 Å². The lowest BCUT2D eigenvalue weighted by Gasteiger charge is -2.09. The molecule has 1 rings (SSSR count). The first kappa shape index (κ1) is 12.5. The molecule has 0 aliphatic carbocycles. The van der Waals surface area contributed by atoms with Crippen LogP contribution in [-0.2, 0) is 11.2 Å². The van der Waals surface area contributed by atoms with Gasteiger partial charge in [-0.25, -0.2) is 0 Å². The van der Waals surface area contributed by atoms with Gasteiger partial charge in [0.2, 0.25) is 0 Å². The second-order valence-corrected chi connectivity index (χ2v) is 3.64. The van der Waals surface area contributed by atoms with Crippen LogP contribution in [0.3, 0.4) is 0 Å². The summed E-state index contributed by atoms with van der Waals surface area (Å²) in [5, 5.41) is 8.58. The quantitative estimate of drug-likeness (QED) is 0.765. The summed E-state index contributed by atoms with van der Waals surface area (Å²) in [5.41, 5.74) is 6.72. The van der Waals surface area contributed by atoms with E-state index in [-0.39, 0.29) is 12.5 Å². The summed E-state index contributed by atoms with van der Waals surface area (Å²) in [6.45, 7) is 2.56. The molecule has 0 aliphatic heterocycles. The molecular formula is C12H17NO3. The first-order valence-corrected chi connectivity index (χ1v) is 5.31. The van der Waals surface area contributed by atoms with E-state index in [1.165, 1.54) is 0 Å². The fraction of sp³-hybridized carbons (Fsp3) is 0.417. The zero-order valence-electron chi connectivity index (χ0n) is 9.35. The number of nitrogens with two attached hydrogens (primary N) is 1. The van der Waals surface area contributed by atoms with Gasteiger partial charge in [0.15, 0.2) is 0 Å². The van der Waals surface area contributed by atoms with E-state index in [0.717, 1.165) is 11.3 Å². The predicted molar refractivity (Wildman–Crippen MR) is 61.5 cm³/mol. The molecule has 0 bridgehead atoms. The van der Waals surface area contributed by atoms with E-state index in [1.54, 1.807) is 0 Å². The third kappa shape index (κ3) is 4.31. The molecule has 1 atom stereocenters. The van der Waals surface area contributed by atoms with Crippen molar-refractivity contribution in [2.24, 2.45) is 5.73 Å². The average molecular weight is 223 g/mol. The maximum Gasteiger partial charge on any atom is 0.304 e. The Morgan fingerprint density at radius 1 is 1.44 bits per heavy atom. The van der Waals surface area contributed by atoms with Crippen LogP contribution in [0.15, 0.2) is 24.3 Å². The molecule has 0 unspecified atom stereocenters. The minimum atomic E-state index is -0.863. The Labute approximate surface area is 95.0 Å². The fourth-order valence-electron chi connectivity index (χ4n) is 1.49. The highest BCUT2D eigenvalue weighted by molar-refractivity contribution is 5.67. The monoisotopic (exact) mass is 223 g/mol. The van der Waals surface area contributed by atoms with E-state index in [9.17, 15) is 4.79 Å². The largest absolute Gasteiger partial charge is 0.494 e. The highest BCUT2D eigenvalue weighted by Gasteiger charge is 2.08. The number of benzene rings is 1. The maximum atomic E-state index is 10.4. The minimum absolute atomic E-state index is 0.00673. The normalized spacial score (nSPS) is 12.1. The molecule has 0 saturated carbocycles. The Balaban J connectivity index is 2.51. The number of carboxylic acid groups (broad SMARTS) is 1. The Kier molecular flexibility index (Phi) is 4.79. The van der Waals surface area contributed by atoms with Crippen LogP contribution in [0, 0.1) is 0 Å². The third-order valence-electron chi connectivity index (χ3n) is 2.17. The summed E-state index contributed by atoms with van der Waals surface area (Å²) in [7, 11) is 0. The van der Waals surface area contributed by atoms with Crippen LogP contribution in [-0.4, -0.2) is 23.7 Å². The summed E-state index contributed by atoms with van der Waals surface area (Å²) in [6, 6.07) is 7.22. The molecule has 0 amide bonds. The highest BCUT2D eigenvalue weighted by Crippen LogP contribution is 2.13. The van der Waals surface area contributed by atoms with E-state index in [4.69, 9.17) is 15.6 Å². The van der Waals surface area contributed by atoms with Crippen LogP contribution in [0.2, 0.25) is 0 Å². The van der Waals surface area contributed by atoms with Crippen molar-refractivity contribution in [3.8, 4) is 5.75 Å². The van der Waals surface area contributed by atoms with Crippen LogP contribution in [0.1, 0.15) is 18.9 Å². The van der Waals surface area contributed by atoms with Gasteiger partial charge in [0.05, 0.1) is 13.0 Å². The topological polar surface area (TPSA) is 72.5 Å². The SMILES string of the molecule is CCOc1ccc(C[C@@H](N)CC(=O)O)cc1. The second-order valence-electron chi connectivity index (χ2n) is 3.64. The van der Waals surface area contributed by atoms with E-state index in [1.807, 2.05) is 31.2 Å². The van der Waals surface area contributed by atoms with Gasteiger partial charge in [-0.3, -0.25) is 4.79 Å². The molecule has 0 fully saturated rings. The molecule has 88 valence electrons. The molecular weight excluding hydrogens is 206 g/mol. The van der Waals surface area contributed by atoms with Gasteiger partial charge in [0.25, 0.3) is 0 Å². The van der Waals surface area contributed by atoms with Crippen LogP contribution >= 0.6 is 0 Å². The van der Waals surface area contributed by atoms with Crippen LogP contribution in [0.4, 0.5) is 0 Å². The van der Waals surface area contributed by atoms with Crippen molar-refractivity contribution in [1.82, 2.24) is 0 Å². The molecule has 0 aromatic heterocycles. The molecule has 0 saturated heterocycles. The highest BCUT2D eigenvalue weighted by atomic mass is 16.5. The standard InChI is InChI=1S/C12H17NO3/c1-2-16-11-5-3-9(4-6-11)7-10(13)8-12(14)15/h3-6,10H,2,7-8,13H2,1H3,(H,14,15)/t10-/m1/s1. The smallest absolute Gasteiger partial charge is 0.304 e. The Hall–Kier alpha value is -1.55. The van der Waals surface area contributed by atoms with E-state index < -0.39 is 5.97 Å². The van der Waals surface area contributed by atoms with Crippen LogP contribution < -0.4 is 10.5 Å². The third-order valence-corrected chi connectivity index (χ3v) is 2.17. The lowest BCUT2D eigenvalue weighted by Crippen LogP contribution is -2.26. The van der Waals surface area contributed by atoms with Crippen molar-refractivity contribution in [1.29, 1.82) is 0 Å². The molecule has 4 heteroatoms. The molecule has 1 aromatic carbocycles. The Bertz CT molecular complexity index is 335. The number of carbonyl (C=O) groups is 1.